The van der Waals surface area contributed by atoms with Crippen molar-refractivity contribution in [2.75, 3.05) is 33.4 Å². The summed E-state index contributed by atoms with van der Waals surface area (Å²) in [5.74, 6) is 0.911. The monoisotopic (exact) mass is 291 g/mol. The molecule has 0 aliphatic carbocycles. The van der Waals surface area contributed by atoms with Gasteiger partial charge in [0.2, 0.25) is 0 Å². The smallest absolute Gasteiger partial charge is 0.118 e. The molecule has 116 valence electrons. The van der Waals surface area contributed by atoms with Crippen LogP contribution in [0.2, 0.25) is 0 Å². The van der Waals surface area contributed by atoms with Crippen LogP contribution in [0.3, 0.4) is 0 Å². The van der Waals surface area contributed by atoms with E-state index < -0.39 is 0 Å². The third kappa shape index (κ3) is 3.39. The number of ether oxygens (including phenoxy) is 3. The number of hydrogen-bond donors (Lipinski definition) is 0. The predicted molar refractivity (Wildman–Crippen MR) is 81.6 cm³/mol. The van der Waals surface area contributed by atoms with E-state index >= 15 is 0 Å². The van der Waals surface area contributed by atoms with E-state index in [-0.39, 0.29) is 5.60 Å². The normalized spacial score (nSPS) is 24.8. The van der Waals surface area contributed by atoms with E-state index in [1.165, 1.54) is 5.56 Å². The van der Waals surface area contributed by atoms with Gasteiger partial charge in [-0.3, -0.25) is 4.90 Å². The Hall–Kier alpha value is -1.10. The molecule has 2 aliphatic rings. The SMILES string of the molecule is CCOC1CCOC2(C1)CN(Cc1ccc(OC)cc1)C2. The maximum absolute atomic E-state index is 6.04. The van der Waals surface area contributed by atoms with Gasteiger partial charge in [0.25, 0.3) is 0 Å². The van der Waals surface area contributed by atoms with E-state index in [2.05, 4.69) is 24.0 Å². The van der Waals surface area contributed by atoms with Crippen LogP contribution in [0.4, 0.5) is 0 Å². The Morgan fingerprint density at radius 2 is 2.05 bits per heavy atom. The molecule has 0 saturated carbocycles. The van der Waals surface area contributed by atoms with Crippen LogP contribution in [0.25, 0.3) is 0 Å². The molecule has 2 aliphatic heterocycles. The molecule has 21 heavy (non-hydrogen) atoms. The number of benzene rings is 1. The minimum Gasteiger partial charge on any atom is -0.497 e. The Morgan fingerprint density at radius 1 is 1.29 bits per heavy atom. The summed E-state index contributed by atoms with van der Waals surface area (Å²) in [5.41, 5.74) is 1.37. The van der Waals surface area contributed by atoms with E-state index in [4.69, 9.17) is 14.2 Å². The molecule has 2 saturated heterocycles. The van der Waals surface area contributed by atoms with Gasteiger partial charge in [-0.05, 0) is 31.0 Å². The molecule has 0 radical (unpaired) electrons. The number of nitrogens with zero attached hydrogens (tertiary/aromatic N) is 1. The molecule has 4 heteroatoms. The lowest BCUT2D eigenvalue weighted by Crippen LogP contribution is -2.65. The van der Waals surface area contributed by atoms with Crippen molar-refractivity contribution in [3.05, 3.63) is 29.8 Å². The molecule has 1 aromatic carbocycles. The molecule has 4 nitrogen and oxygen atoms in total. The number of likely N-dealkylation sites (tertiary alicyclic amines) is 1. The van der Waals surface area contributed by atoms with Gasteiger partial charge in [-0.25, -0.2) is 0 Å². The van der Waals surface area contributed by atoms with Gasteiger partial charge in [0, 0.05) is 39.3 Å². The van der Waals surface area contributed by atoms with Crippen LogP contribution in [0.5, 0.6) is 5.75 Å². The molecule has 1 unspecified atom stereocenters. The summed E-state index contributed by atoms with van der Waals surface area (Å²) in [4.78, 5) is 2.44. The molecule has 0 bridgehead atoms. The van der Waals surface area contributed by atoms with Crippen molar-refractivity contribution in [2.24, 2.45) is 0 Å². The first kappa shape index (κ1) is 14.8. The van der Waals surface area contributed by atoms with E-state index in [9.17, 15) is 0 Å². The topological polar surface area (TPSA) is 30.9 Å². The molecule has 2 fully saturated rings. The van der Waals surface area contributed by atoms with E-state index in [0.717, 1.165) is 51.4 Å². The first-order valence-electron chi connectivity index (χ1n) is 7.84. The van der Waals surface area contributed by atoms with Crippen molar-refractivity contribution in [3.63, 3.8) is 0 Å². The second kappa shape index (κ2) is 6.34. The summed E-state index contributed by atoms with van der Waals surface area (Å²) >= 11 is 0. The summed E-state index contributed by atoms with van der Waals surface area (Å²) in [7, 11) is 1.70. The average molecular weight is 291 g/mol. The van der Waals surface area contributed by atoms with E-state index in [0.29, 0.717) is 6.10 Å². The summed E-state index contributed by atoms with van der Waals surface area (Å²) in [5, 5.41) is 0. The molecule has 0 amide bonds. The Morgan fingerprint density at radius 3 is 2.71 bits per heavy atom. The lowest BCUT2D eigenvalue weighted by Gasteiger charge is -2.53. The molecule has 1 atom stereocenters. The van der Waals surface area contributed by atoms with Crippen molar-refractivity contribution in [3.8, 4) is 5.75 Å². The fourth-order valence-electron chi connectivity index (χ4n) is 3.45. The Balaban J connectivity index is 1.50. The minimum atomic E-state index is 0.0462. The van der Waals surface area contributed by atoms with Gasteiger partial charge in [0.05, 0.1) is 18.8 Å². The Labute approximate surface area is 127 Å². The summed E-state index contributed by atoms with van der Waals surface area (Å²) in [6.45, 7) is 6.72. The van der Waals surface area contributed by atoms with E-state index in [1.807, 2.05) is 12.1 Å². The molecular weight excluding hydrogens is 266 g/mol. The highest BCUT2D eigenvalue weighted by Crippen LogP contribution is 2.36. The molecule has 3 rings (SSSR count). The predicted octanol–water partition coefficient (Wildman–Crippen LogP) is 2.47. The summed E-state index contributed by atoms with van der Waals surface area (Å²) < 4.78 is 17.0. The third-order valence-electron chi connectivity index (χ3n) is 4.44. The molecule has 1 spiro atoms. The van der Waals surface area contributed by atoms with Crippen molar-refractivity contribution in [2.45, 2.75) is 38.0 Å². The zero-order valence-corrected chi connectivity index (χ0v) is 13.0. The summed E-state index contributed by atoms with van der Waals surface area (Å²) in [6, 6.07) is 8.31. The second-order valence-electron chi connectivity index (χ2n) is 6.09. The maximum atomic E-state index is 6.04. The highest BCUT2D eigenvalue weighted by atomic mass is 16.5. The third-order valence-corrected chi connectivity index (χ3v) is 4.44. The molecule has 2 heterocycles. The molecular formula is C17H25NO3. The fourth-order valence-corrected chi connectivity index (χ4v) is 3.45. The molecule has 1 aromatic rings. The highest BCUT2D eigenvalue weighted by molar-refractivity contribution is 5.27. The van der Waals surface area contributed by atoms with Crippen LogP contribution in [0.15, 0.2) is 24.3 Å². The number of hydrogen-bond acceptors (Lipinski definition) is 4. The van der Waals surface area contributed by atoms with Gasteiger partial charge in [-0.2, -0.15) is 0 Å². The zero-order chi connectivity index (χ0) is 14.7. The largest absolute Gasteiger partial charge is 0.497 e. The van der Waals surface area contributed by atoms with Crippen LogP contribution < -0.4 is 4.74 Å². The van der Waals surface area contributed by atoms with Gasteiger partial charge in [0.1, 0.15) is 5.75 Å². The van der Waals surface area contributed by atoms with Gasteiger partial charge in [0.15, 0.2) is 0 Å². The van der Waals surface area contributed by atoms with Gasteiger partial charge < -0.3 is 14.2 Å². The minimum absolute atomic E-state index is 0.0462. The fraction of sp³-hybridized carbons (Fsp3) is 0.647. The lowest BCUT2D eigenvalue weighted by molar-refractivity contribution is -0.198. The standard InChI is InChI=1S/C17H25NO3/c1-3-20-16-8-9-21-17(10-16)12-18(13-17)11-14-4-6-15(19-2)7-5-14/h4-7,16H,3,8-13H2,1-2H3. The van der Waals surface area contributed by atoms with Crippen molar-refractivity contribution in [1.82, 2.24) is 4.90 Å². The van der Waals surface area contributed by atoms with Gasteiger partial charge in [-0.15, -0.1) is 0 Å². The second-order valence-corrected chi connectivity index (χ2v) is 6.09. The van der Waals surface area contributed by atoms with Crippen molar-refractivity contribution < 1.29 is 14.2 Å². The highest BCUT2D eigenvalue weighted by Gasteiger charge is 2.47. The Kier molecular flexibility index (Phi) is 4.48. The average Bonchev–Trinajstić information content (AvgIpc) is 2.47. The molecule has 0 N–H and O–H groups in total. The quantitative estimate of drug-likeness (QED) is 0.834. The first-order valence-corrected chi connectivity index (χ1v) is 7.84. The van der Waals surface area contributed by atoms with Crippen LogP contribution in [0.1, 0.15) is 25.3 Å². The first-order chi connectivity index (χ1) is 10.2. The van der Waals surface area contributed by atoms with Gasteiger partial charge >= 0.3 is 0 Å². The van der Waals surface area contributed by atoms with Crippen LogP contribution in [0, 0.1) is 0 Å². The van der Waals surface area contributed by atoms with Crippen molar-refractivity contribution in [1.29, 1.82) is 0 Å². The lowest BCUT2D eigenvalue weighted by atomic mass is 9.84. The van der Waals surface area contributed by atoms with Crippen molar-refractivity contribution >= 4 is 0 Å². The Bertz CT molecular complexity index is 452. The van der Waals surface area contributed by atoms with E-state index in [1.54, 1.807) is 7.11 Å². The maximum Gasteiger partial charge on any atom is 0.118 e. The number of rotatable bonds is 5. The van der Waals surface area contributed by atoms with Gasteiger partial charge in [-0.1, -0.05) is 12.1 Å². The summed E-state index contributed by atoms with van der Waals surface area (Å²) in [6.07, 6.45) is 2.46. The van der Waals surface area contributed by atoms with Crippen LogP contribution >= 0.6 is 0 Å². The van der Waals surface area contributed by atoms with Crippen LogP contribution in [-0.4, -0.2) is 50.0 Å². The molecule has 0 aromatic heterocycles. The number of methoxy groups -OCH3 is 1. The zero-order valence-electron chi connectivity index (χ0n) is 13.0. The van der Waals surface area contributed by atoms with Crippen LogP contribution in [-0.2, 0) is 16.0 Å².